The Hall–Kier alpha value is -2.86. The van der Waals surface area contributed by atoms with Gasteiger partial charge in [0, 0.05) is 5.69 Å². The lowest BCUT2D eigenvalue weighted by Gasteiger charge is -2.23. The van der Waals surface area contributed by atoms with Gasteiger partial charge in [-0.2, -0.15) is 0 Å². The van der Waals surface area contributed by atoms with Gasteiger partial charge in [0.1, 0.15) is 11.6 Å². The van der Waals surface area contributed by atoms with Crippen LogP contribution < -0.4 is 10.6 Å². The molecule has 0 heterocycles. The highest BCUT2D eigenvalue weighted by Gasteiger charge is 2.25. The van der Waals surface area contributed by atoms with Crippen molar-refractivity contribution in [2.45, 2.75) is 45.9 Å². The average molecular weight is 384 g/mol. The summed E-state index contributed by atoms with van der Waals surface area (Å²) in [4.78, 5) is 24.9. The van der Waals surface area contributed by atoms with Crippen molar-refractivity contribution in [2.24, 2.45) is 0 Å². The second-order valence-corrected chi connectivity index (χ2v) is 7.50. The van der Waals surface area contributed by atoms with Gasteiger partial charge in [-0.05, 0) is 44.9 Å². The fourth-order valence-corrected chi connectivity index (χ4v) is 2.43. The van der Waals surface area contributed by atoms with Crippen LogP contribution in [0.25, 0.3) is 0 Å². The predicted octanol–water partition coefficient (Wildman–Crippen LogP) is 4.04. The highest BCUT2D eigenvalue weighted by atomic mass is 16.6. The number of nitrogens with one attached hydrogen (secondary N) is 2. The van der Waals surface area contributed by atoms with Crippen LogP contribution in [0.4, 0.5) is 10.5 Å². The van der Waals surface area contributed by atoms with E-state index in [1.165, 1.54) is 0 Å². The number of benzene rings is 2. The van der Waals surface area contributed by atoms with E-state index in [1.54, 1.807) is 20.8 Å². The van der Waals surface area contributed by atoms with E-state index in [2.05, 4.69) is 10.6 Å². The normalized spacial score (nSPS) is 12.1. The van der Waals surface area contributed by atoms with Crippen molar-refractivity contribution in [1.29, 1.82) is 0 Å². The monoisotopic (exact) mass is 384 g/mol. The van der Waals surface area contributed by atoms with E-state index in [1.807, 2.05) is 61.5 Å². The zero-order chi connectivity index (χ0) is 20.6. The van der Waals surface area contributed by atoms with Crippen LogP contribution in [0.5, 0.6) is 0 Å². The van der Waals surface area contributed by atoms with Gasteiger partial charge in [0.05, 0.1) is 13.2 Å². The van der Waals surface area contributed by atoms with Crippen LogP contribution in [0, 0.1) is 6.92 Å². The Morgan fingerprint density at radius 3 is 2.29 bits per heavy atom. The molecule has 0 saturated carbocycles. The third-order valence-electron chi connectivity index (χ3n) is 3.81. The van der Waals surface area contributed by atoms with Crippen molar-refractivity contribution in [3.8, 4) is 0 Å². The highest BCUT2D eigenvalue weighted by molar-refractivity contribution is 5.97. The Balaban J connectivity index is 2.02. The van der Waals surface area contributed by atoms with Gasteiger partial charge < -0.3 is 20.1 Å². The Kier molecular flexibility index (Phi) is 7.58. The Labute approximate surface area is 166 Å². The average Bonchev–Trinajstić information content (AvgIpc) is 2.62. The molecule has 2 amide bonds. The molecule has 0 aliphatic heterocycles. The first-order chi connectivity index (χ1) is 13.2. The van der Waals surface area contributed by atoms with Gasteiger partial charge in [0.15, 0.2) is 0 Å². The number of anilines is 1. The van der Waals surface area contributed by atoms with Crippen LogP contribution in [0.1, 0.15) is 31.9 Å². The summed E-state index contributed by atoms with van der Waals surface area (Å²) in [5, 5.41) is 5.44. The molecule has 1 unspecified atom stereocenters. The summed E-state index contributed by atoms with van der Waals surface area (Å²) in [5.74, 6) is -0.367. The molecule has 0 fully saturated rings. The lowest BCUT2D eigenvalue weighted by molar-refractivity contribution is -0.119. The molecule has 0 aromatic heterocycles. The number of hydrogen-bond donors (Lipinski definition) is 2. The second-order valence-electron chi connectivity index (χ2n) is 7.50. The number of para-hydroxylation sites is 1. The lowest BCUT2D eigenvalue weighted by Crippen LogP contribution is -2.48. The maximum Gasteiger partial charge on any atom is 0.408 e. The van der Waals surface area contributed by atoms with Gasteiger partial charge in [-0.25, -0.2) is 4.79 Å². The van der Waals surface area contributed by atoms with Gasteiger partial charge in [0.25, 0.3) is 0 Å². The topological polar surface area (TPSA) is 76.7 Å². The zero-order valence-corrected chi connectivity index (χ0v) is 16.8. The minimum atomic E-state index is -0.891. The van der Waals surface area contributed by atoms with Crippen LogP contribution in [-0.2, 0) is 20.9 Å². The second kappa shape index (κ2) is 9.90. The third-order valence-corrected chi connectivity index (χ3v) is 3.81. The molecule has 2 aromatic rings. The van der Waals surface area contributed by atoms with E-state index in [0.717, 1.165) is 11.1 Å². The summed E-state index contributed by atoms with van der Waals surface area (Å²) < 4.78 is 10.9. The molecule has 0 bridgehead atoms. The van der Waals surface area contributed by atoms with Crippen molar-refractivity contribution in [3.05, 3.63) is 65.7 Å². The molecule has 2 aromatic carbocycles. The molecule has 0 radical (unpaired) electrons. The summed E-state index contributed by atoms with van der Waals surface area (Å²) in [5.41, 5.74) is 1.94. The van der Waals surface area contributed by atoms with Crippen molar-refractivity contribution < 1.29 is 19.1 Å². The molecule has 150 valence electrons. The van der Waals surface area contributed by atoms with E-state index in [-0.39, 0.29) is 12.5 Å². The first-order valence-corrected chi connectivity index (χ1v) is 9.22. The number of rotatable bonds is 7. The molecular weight excluding hydrogens is 356 g/mol. The molecular formula is C22H28N2O4. The Morgan fingerprint density at radius 1 is 1.00 bits per heavy atom. The fraction of sp³-hybridized carbons (Fsp3) is 0.364. The molecule has 1 atom stereocenters. The highest BCUT2D eigenvalue weighted by Crippen LogP contribution is 2.14. The molecule has 6 heteroatoms. The summed E-state index contributed by atoms with van der Waals surface area (Å²) in [6.45, 7) is 7.55. The SMILES string of the molecule is Cc1ccccc1NC(=O)C(COCc1ccccc1)NC(=O)OC(C)(C)C. The van der Waals surface area contributed by atoms with E-state index in [0.29, 0.717) is 12.3 Å². The first-order valence-electron chi connectivity index (χ1n) is 9.22. The predicted molar refractivity (Wildman–Crippen MR) is 109 cm³/mol. The van der Waals surface area contributed by atoms with Crippen LogP contribution in [-0.4, -0.2) is 30.3 Å². The van der Waals surface area contributed by atoms with E-state index >= 15 is 0 Å². The van der Waals surface area contributed by atoms with Crippen molar-refractivity contribution in [3.63, 3.8) is 0 Å². The minimum Gasteiger partial charge on any atom is -0.444 e. The van der Waals surface area contributed by atoms with Crippen molar-refractivity contribution >= 4 is 17.7 Å². The first kappa shape index (κ1) is 21.4. The summed E-state index contributed by atoms with van der Waals surface area (Å²) in [6.07, 6.45) is -0.666. The third kappa shape index (κ3) is 7.40. The van der Waals surface area contributed by atoms with Crippen molar-refractivity contribution in [1.82, 2.24) is 5.32 Å². The maximum absolute atomic E-state index is 12.7. The van der Waals surface area contributed by atoms with Gasteiger partial charge >= 0.3 is 6.09 Å². The number of alkyl carbamates (subject to hydrolysis) is 1. The van der Waals surface area contributed by atoms with Crippen LogP contribution in [0.3, 0.4) is 0 Å². The number of aryl methyl sites for hydroxylation is 1. The van der Waals surface area contributed by atoms with E-state index in [9.17, 15) is 9.59 Å². The zero-order valence-electron chi connectivity index (χ0n) is 16.8. The Morgan fingerprint density at radius 2 is 1.64 bits per heavy atom. The Bertz CT molecular complexity index is 785. The van der Waals surface area contributed by atoms with Crippen LogP contribution in [0.15, 0.2) is 54.6 Å². The molecule has 2 rings (SSSR count). The fourth-order valence-electron chi connectivity index (χ4n) is 2.43. The number of carbonyl (C=O) groups excluding carboxylic acids is 2. The standard InChI is InChI=1S/C22H28N2O4/c1-16-10-8-9-13-18(16)23-20(25)19(24-21(26)28-22(2,3)4)15-27-14-17-11-6-5-7-12-17/h5-13,19H,14-15H2,1-4H3,(H,23,25)(H,24,26). The lowest BCUT2D eigenvalue weighted by atomic mass is 10.2. The van der Waals surface area contributed by atoms with Gasteiger partial charge in [0.2, 0.25) is 5.91 Å². The summed E-state index contributed by atoms with van der Waals surface area (Å²) >= 11 is 0. The van der Waals surface area contributed by atoms with Crippen LogP contribution >= 0.6 is 0 Å². The van der Waals surface area contributed by atoms with Crippen molar-refractivity contribution in [2.75, 3.05) is 11.9 Å². The van der Waals surface area contributed by atoms with Gasteiger partial charge in [-0.1, -0.05) is 48.5 Å². The molecule has 6 nitrogen and oxygen atoms in total. The summed E-state index contributed by atoms with van der Waals surface area (Å²) in [7, 11) is 0. The number of ether oxygens (including phenoxy) is 2. The van der Waals surface area contributed by atoms with Gasteiger partial charge in [-0.3, -0.25) is 4.79 Å². The quantitative estimate of drug-likeness (QED) is 0.755. The number of carbonyl (C=O) groups is 2. The van der Waals surface area contributed by atoms with Gasteiger partial charge in [-0.15, -0.1) is 0 Å². The molecule has 28 heavy (non-hydrogen) atoms. The van der Waals surface area contributed by atoms with E-state index in [4.69, 9.17) is 9.47 Å². The molecule has 2 N–H and O–H groups in total. The molecule has 0 aliphatic carbocycles. The van der Waals surface area contributed by atoms with E-state index < -0.39 is 17.7 Å². The number of hydrogen-bond acceptors (Lipinski definition) is 4. The molecule has 0 spiro atoms. The van der Waals surface area contributed by atoms with Crippen LogP contribution in [0.2, 0.25) is 0 Å². The number of amides is 2. The molecule has 0 aliphatic rings. The smallest absolute Gasteiger partial charge is 0.408 e. The minimum absolute atomic E-state index is 0.0197. The largest absolute Gasteiger partial charge is 0.444 e. The summed E-state index contributed by atoms with van der Waals surface area (Å²) in [6, 6.07) is 16.2. The maximum atomic E-state index is 12.7. The molecule has 0 saturated heterocycles.